The number of thiocarbonyl (C=S) groups is 1. The Morgan fingerprint density at radius 2 is 2.17 bits per heavy atom. The molecule has 0 saturated carbocycles. The summed E-state index contributed by atoms with van der Waals surface area (Å²) < 4.78 is 5.32. The summed E-state index contributed by atoms with van der Waals surface area (Å²) in [7, 11) is 0. The van der Waals surface area contributed by atoms with Crippen molar-refractivity contribution in [2.24, 2.45) is 11.1 Å². The summed E-state index contributed by atoms with van der Waals surface area (Å²) >= 11 is 7.02. The highest BCUT2D eigenvalue weighted by Gasteiger charge is 2.43. The molecule has 3 N–H and O–H groups in total. The number of carbonyl (C=O) groups is 1. The number of carbonyl (C=O) groups excluding carboxylic acids is 1. The van der Waals surface area contributed by atoms with Crippen molar-refractivity contribution in [1.82, 2.24) is 5.32 Å². The molecule has 2 aliphatic rings. The van der Waals surface area contributed by atoms with Crippen molar-refractivity contribution < 1.29 is 9.53 Å². The molecule has 1 unspecified atom stereocenters. The maximum absolute atomic E-state index is 12.5. The zero-order valence-corrected chi connectivity index (χ0v) is 12.1. The molecule has 2 fully saturated rings. The highest BCUT2D eigenvalue weighted by Crippen LogP contribution is 2.32. The molecule has 0 radical (unpaired) electrons. The molecule has 0 spiro atoms. The van der Waals surface area contributed by atoms with Crippen LogP contribution < -0.4 is 11.1 Å². The summed E-state index contributed by atoms with van der Waals surface area (Å²) in [5.41, 5.74) is 5.13. The van der Waals surface area contributed by atoms with Gasteiger partial charge in [0.15, 0.2) is 0 Å². The minimum atomic E-state index is -0.685. The van der Waals surface area contributed by atoms with Gasteiger partial charge in [-0.05, 0) is 31.4 Å². The van der Waals surface area contributed by atoms with E-state index in [2.05, 4.69) is 5.32 Å². The molecule has 18 heavy (non-hydrogen) atoms. The van der Waals surface area contributed by atoms with E-state index in [1.807, 2.05) is 11.8 Å². The summed E-state index contributed by atoms with van der Waals surface area (Å²) in [5, 5.41) is 3.13. The Morgan fingerprint density at radius 3 is 2.72 bits per heavy atom. The molecule has 1 amide bonds. The van der Waals surface area contributed by atoms with E-state index < -0.39 is 5.41 Å². The number of hydrogen-bond donors (Lipinski definition) is 2. The van der Waals surface area contributed by atoms with Crippen LogP contribution in [-0.4, -0.2) is 41.7 Å². The number of rotatable bonds is 3. The van der Waals surface area contributed by atoms with Gasteiger partial charge in [-0.25, -0.2) is 0 Å². The Morgan fingerprint density at radius 1 is 1.44 bits per heavy atom. The van der Waals surface area contributed by atoms with Crippen molar-refractivity contribution in [3.63, 3.8) is 0 Å². The molecule has 4 nitrogen and oxygen atoms in total. The van der Waals surface area contributed by atoms with E-state index in [4.69, 9.17) is 22.7 Å². The second kappa shape index (κ2) is 6.21. The van der Waals surface area contributed by atoms with Gasteiger partial charge in [-0.2, -0.15) is 11.8 Å². The highest BCUT2D eigenvalue weighted by molar-refractivity contribution is 7.99. The van der Waals surface area contributed by atoms with Crippen LogP contribution >= 0.6 is 24.0 Å². The Balaban J connectivity index is 2.01. The van der Waals surface area contributed by atoms with Gasteiger partial charge in [-0.3, -0.25) is 4.79 Å². The van der Waals surface area contributed by atoms with Gasteiger partial charge >= 0.3 is 0 Å². The lowest BCUT2D eigenvalue weighted by Crippen LogP contribution is -2.54. The maximum Gasteiger partial charge on any atom is 0.233 e. The minimum absolute atomic E-state index is 0.00537. The van der Waals surface area contributed by atoms with Gasteiger partial charge in [-0.15, -0.1) is 0 Å². The fourth-order valence-corrected chi connectivity index (χ4v) is 3.85. The van der Waals surface area contributed by atoms with E-state index in [9.17, 15) is 4.79 Å². The fraction of sp³-hybridized carbons (Fsp3) is 0.833. The predicted octanol–water partition coefficient (Wildman–Crippen LogP) is 1.08. The van der Waals surface area contributed by atoms with Gasteiger partial charge in [0.05, 0.1) is 4.99 Å². The van der Waals surface area contributed by atoms with Crippen LogP contribution in [-0.2, 0) is 9.53 Å². The standard InChI is InChI=1S/C12H20N2O2S2/c13-10(17)12(3-5-16-6-4-12)11(15)14-9-2-1-7-18-8-9/h9H,1-8H2,(H2,13,17)(H,14,15). The van der Waals surface area contributed by atoms with Crippen LogP contribution in [0.3, 0.4) is 0 Å². The van der Waals surface area contributed by atoms with Crippen molar-refractivity contribution in [3.8, 4) is 0 Å². The predicted molar refractivity (Wildman–Crippen MR) is 77.8 cm³/mol. The van der Waals surface area contributed by atoms with Crippen molar-refractivity contribution in [1.29, 1.82) is 0 Å². The topological polar surface area (TPSA) is 64.4 Å². The maximum atomic E-state index is 12.5. The summed E-state index contributed by atoms with van der Waals surface area (Å²) in [6.45, 7) is 1.12. The molecule has 0 aromatic carbocycles. The zero-order chi connectivity index (χ0) is 13.0. The Bertz CT molecular complexity index is 324. The third-order valence-electron chi connectivity index (χ3n) is 3.75. The number of amides is 1. The average Bonchev–Trinajstić information content (AvgIpc) is 2.40. The summed E-state index contributed by atoms with van der Waals surface area (Å²) in [6.07, 6.45) is 3.43. The van der Waals surface area contributed by atoms with Crippen molar-refractivity contribution in [2.45, 2.75) is 31.7 Å². The van der Waals surface area contributed by atoms with Gasteiger partial charge in [0.25, 0.3) is 0 Å². The molecule has 2 rings (SSSR count). The first-order valence-corrected chi connectivity index (χ1v) is 7.98. The van der Waals surface area contributed by atoms with Crippen molar-refractivity contribution in [2.75, 3.05) is 24.7 Å². The molecule has 1 atom stereocenters. The molecule has 2 heterocycles. The Kier molecular flexibility index (Phi) is 4.86. The molecule has 0 aromatic heterocycles. The monoisotopic (exact) mass is 288 g/mol. The second-order valence-electron chi connectivity index (χ2n) is 4.95. The van der Waals surface area contributed by atoms with E-state index in [1.54, 1.807) is 0 Å². The average molecular weight is 288 g/mol. The number of nitrogens with one attached hydrogen (secondary N) is 1. The molecule has 0 aromatic rings. The van der Waals surface area contributed by atoms with E-state index in [-0.39, 0.29) is 11.9 Å². The molecular weight excluding hydrogens is 268 g/mol. The molecule has 2 saturated heterocycles. The van der Waals surface area contributed by atoms with Gasteiger partial charge in [0.2, 0.25) is 5.91 Å². The Hall–Kier alpha value is -0.330. The summed E-state index contributed by atoms with van der Waals surface area (Å²) in [5.74, 6) is 2.20. The summed E-state index contributed by atoms with van der Waals surface area (Å²) in [6, 6.07) is 0.269. The third-order valence-corrected chi connectivity index (χ3v) is 5.35. The zero-order valence-electron chi connectivity index (χ0n) is 10.4. The van der Waals surface area contributed by atoms with E-state index in [0.29, 0.717) is 31.0 Å². The normalized spacial score (nSPS) is 27.4. The van der Waals surface area contributed by atoms with Crippen LogP contribution in [0.15, 0.2) is 0 Å². The molecule has 0 aliphatic carbocycles. The molecule has 102 valence electrons. The molecule has 6 heteroatoms. The fourth-order valence-electron chi connectivity index (χ4n) is 2.48. The first-order valence-electron chi connectivity index (χ1n) is 6.41. The lowest BCUT2D eigenvalue weighted by atomic mass is 9.79. The van der Waals surface area contributed by atoms with E-state index in [1.165, 1.54) is 12.2 Å². The van der Waals surface area contributed by atoms with Gasteiger partial charge in [0.1, 0.15) is 5.41 Å². The van der Waals surface area contributed by atoms with Gasteiger partial charge < -0.3 is 15.8 Å². The number of ether oxygens (including phenoxy) is 1. The molecule has 2 aliphatic heterocycles. The minimum Gasteiger partial charge on any atom is -0.392 e. The van der Waals surface area contributed by atoms with Crippen molar-refractivity contribution >= 4 is 34.9 Å². The van der Waals surface area contributed by atoms with Crippen LogP contribution in [0, 0.1) is 5.41 Å². The first-order chi connectivity index (χ1) is 8.65. The quantitative estimate of drug-likeness (QED) is 0.761. The first kappa shape index (κ1) is 14.1. The smallest absolute Gasteiger partial charge is 0.233 e. The summed E-state index contributed by atoms with van der Waals surface area (Å²) in [4.78, 5) is 12.8. The lowest BCUT2D eigenvalue weighted by molar-refractivity contribution is -0.132. The molecule has 0 bridgehead atoms. The SMILES string of the molecule is NC(=S)C1(C(=O)NC2CCCSC2)CCOCC1. The highest BCUT2D eigenvalue weighted by atomic mass is 32.2. The van der Waals surface area contributed by atoms with Crippen LogP contribution in [0.2, 0.25) is 0 Å². The Labute approximate surface area is 117 Å². The molecular formula is C12H20N2O2S2. The van der Waals surface area contributed by atoms with Crippen LogP contribution in [0.25, 0.3) is 0 Å². The van der Waals surface area contributed by atoms with Gasteiger partial charge in [-0.1, -0.05) is 12.2 Å². The van der Waals surface area contributed by atoms with E-state index >= 15 is 0 Å². The number of thioether (sulfide) groups is 1. The largest absolute Gasteiger partial charge is 0.392 e. The van der Waals surface area contributed by atoms with E-state index in [0.717, 1.165) is 12.2 Å². The van der Waals surface area contributed by atoms with Gasteiger partial charge in [0, 0.05) is 25.0 Å². The number of nitrogens with two attached hydrogens (primary N) is 1. The van der Waals surface area contributed by atoms with Crippen molar-refractivity contribution in [3.05, 3.63) is 0 Å². The third kappa shape index (κ3) is 2.97. The second-order valence-corrected chi connectivity index (χ2v) is 6.54. The number of hydrogen-bond acceptors (Lipinski definition) is 4. The van der Waals surface area contributed by atoms with Crippen LogP contribution in [0.1, 0.15) is 25.7 Å². The lowest BCUT2D eigenvalue weighted by Gasteiger charge is -2.36. The van der Waals surface area contributed by atoms with Crippen LogP contribution in [0.5, 0.6) is 0 Å². The van der Waals surface area contributed by atoms with Crippen LogP contribution in [0.4, 0.5) is 0 Å².